The summed E-state index contributed by atoms with van der Waals surface area (Å²) in [5, 5.41) is 9.76. The normalized spacial score (nSPS) is 15.1. The van der Waals surface area contributed by atoms with Gasteiger partial charge < -0.3 is 5.11 Å². The minimum atomic E-state index is -3.21. The van der Waals surface area contributed by atoms with Crippen molar-refractivity contribution >= 4 is 32.4 Å². The second-order valence-corrected chi connectivity index (χ2v) is 9.73. The van der Waals surface area contributed by atoms with E-state index in [4.69, 9.17) is 0 Å². The second kappa shape index (κ2) is 8.48. The first kappa shape index (κ1) is 18.9. The van der Waals surface area contributed by atoms with Crippen molar-refractivity contribution in [1.29, 1.82) is 0 Å². The zero-order valence-corrected chi connectivity index (χ0v) is 15.9. The van der Waals surface area contributed by atoms with Gasteiger partial charge in [-0.2, -0.15) is 0 Å². The molecule has 1 aromatic carbocycles. The Hall–Kier alpha value is -0.140. The van der Waals surface area contributed by atoms with E-state index in [1.54, 1.807) is 12.1 Å². The zero-order valence-electron chi connectivity index (χ0n) is 12.9. The van der Waals surface area contributed by atoms with E-state index in [1.807, 2.05) is 32.9 Å². The molecule has 0 spiro atoms. The van der Waals surface area contributed by atoms with Crippen LogP contribution in [-0.2, 0) is 9.84 Å². The monoisotopic (exact) mass is 424 g/mol. The number of aliphatic hydroxyl groups is 1. The van der Waals surface area contributed by atoms with Crippen molar-refractivity contribution in [2.45, 2.75) is 55.0 Å². The van der Waals surface area contributed by atoms with Gasteiger partial charge in [0.2, 0.25) is 0 Å². The lowest BCUT2D eigenvalue weighted by molar-refractivity contribution is 0.113. The highest BCUT2D eigenvalue weighted by molar-refractivity contribution is 14.1. The summed E-state index contributed by atoms with van der Waals surface area (Å²) in [7, 11) is -3.21. The maximum Gasteiger partial charge on any atom is 0.179 e. The number of rotatable bonds is 8. The number of halogens is 1. The number of aliphatic hydroxyl groups excluding tert-OH is 1. The lowest BCUT2D eigenvalue weighted by atomic mass is 10.0. The number of aryl methyl sites for hydroxylation is 1. The van der Waals surface area contributed by atoms with Gasteiger partial charge in [-0.1, -0.05) is 54.1 Å². The van der Waals surface area contributed by atoms with E-state index >= 15 is 0 Å². The van der Waals surface area contributed by atoms with Crippen molar-refractivity contribution in [1.82, 2.24) is 0 Å². The van der Waals surface area contributed by atoms with Crippen LogP contribution in [0.3, 0.4) is 0 Å². The van der Waals surface area contributed by atoms with Gasteiger partial charge >= 0.3 is 0 Å². The van der Waals surface area contributed by atoms with E-state index in [9.17, 15) is 13.5 Å². The van der Waals surface area contributed by atoms with Crippen LogP contribution >= 0.6 is 22.6 Å². The first-order valence-corrected chi connectivity index (χ1v) is 10.2. The van der Waals surface area contributed by atoms with Gasteiger partial charge in [-0.3, -0.25) is 0 Å². The summed E-state index contributed by atoms with van der Waals surface area (Å²) >= 11 is 2.20. The molecule has 0 aliphatic rings. The largest absolute Gasteiger partial charge is 0.393 e. The number of hydrogen-bond acceptors (Lipinski definition) is 3. The Bertz CT molecular complexity index is 523. The topological polar surface area (TPSA) is 54.4 Å². The molecule has 2 unspecified atom stereocenters. The fourth-order valence-corrected chi connectivity index (χ4v) is 5.29. The first-order valence-electron chi connectivity index (χ1n) is 7.34. The minimum absolute atomic E-state index is 0.0771. The maximum absolute atomic E-state index is 12.3. The third-order valence-corrected chi connectivity index (χ3v) is 7.06. The first-order chi connectivity index (χ1) is 9.72. The Morgan fingerprint density at radius 3 is 2.24 bits per heavy atom. The second-order valence-electron chi connectivity index (χ2n) is 5.93. The lowest BCUT2D eigenvalue weighted by Gasteiger charge is -2.15. The number of sulfone groups is 1. The van der Waals surface area contributed by atoms with E-state index in [2.05, 4.69) is 22.6 Å². The minimum Gasteiger partial charge on any atom is -0.393 e. The standard InChI is InChI=1S/C16H25IO3S/c1-12(2)16(18)6-4-5-14(17)11-21(19,20)15-9-7-13(3)8-10-15/h7-10,12,14,16,18H,4-6,11H2,1-3H3. The van der Waals surface area contributed by atoms with Crippen LogP contribution in [0, 0.1) is 12.8 Å². The molecular weight excluding hydrogens is 399 g/mol. The Labute approximate surface area is 142 Å². The van der Waals surface area contributed by atoms with Gasteiger partial charge in [0, 0.05) is 3.92 Å². The van der Waals surface area contributed by atoms with Gasteiger partial charge in [0.15, 0.2) is 9.84 Å². The highest BCUT2D eigenvalue weighted by Crippen LogP contribution is 2.20. The Morgan fingerprint density at radius 1 is 1.14 bits per heavy atom. The average molecular weight is 424 g/mol. The molecule has 3 nitrogen and oxygen atoms in total. The smallest absolute Gasteiger partial charge is 0.179 e. The zero-order chi connectivity index (χ0) is 16.0. The molecule has 0 radical (unpaired) electrons. The molecule has 0 heterocycles. The van der Waals surface area contributed by atoms with Crippen molar-refractivity contribution in [3.05, 3.63) is 29.8 Å². The van der Waals surface area contributed by atoms with Crippen LogP contribution in [0.5, 0.6) is 0 Å². The third kappa shape index (κ3) is 6.65. The maximum atomic E-state index is 12.3. The SMILES string of the molecule is Cc1ccc(S(=O)(=O)CC(I)CCCC(O)C(C)C)cc1. The van der Waals surface area contributed by atoms with E-state index in [1.165, 1.54) is 0 Å². The van der Waals surface area contributed by atoms with Crippen molar-refractivity contribution < 1.29 is 13.5 Å². The molecular formula is C16H25IO3S. The lowest BCUT2D eigenvalue weighted by Crippen LogP contribution is -2.18. The molecule has 21 heavy (non-hydrogen) atoms. The Balaban J connectivity index is 2.50. The third-order valence-electron chi connectivity index (χ3n) is 3.57. The molecule has 0 amide bonds. The van der Waals surface area contributed by atoms with Crippen molar-refractivity contribution in [2.75, 3.05) is 5.75 Å². The number of benzene rings is 1. The van der Waals surface area contributed by atoms with Crippen molar-refractivity contribution in [3.63, 3.8) is 0 Å². The molecule has 0 aliphatic carbocycles. The molecule has 1 aromatic rings. The molecule has 2 atom stereocenters. The predicted octanol–water partition coefficient (Wildman–Crippen LogP) is 3.76. The van der Waals surface area contributed by atoms with Gasteiger partial charge in [-0.15, -0.1) is 0 Å². The Morgan fingerprint density at radius 2 is 1.71 bits per heavy atom. The highest BCUT2D eigenvalue weighted by atomic mass is 127. The van der Waals surface area contributed by atoms with Crippen LogP contribution in [0.1, 0.15) is 38.7 Å². The molecule has 5 heteroatoms. The quantitative estimate of drug-likeness (QED) is 0.511. The van der Waals surface area contributed by atoms with E-state index in [0.29, 0.717) is 4.90 Å². The average Bonchev–Trinajstić information content (AvgIpc) is 2.38. The molecule has 0 aliphatic heterocycles. The molecule has 0 fully saturated rings. The van der Waals surface area contributed by atoms with Crippen molar-refractivity contribution in [3.8, 4) is 0 Å². The van der Waals surface area contributed by atoms with Gasteiger partial charge in [-0.25, -0.2) is 8.42 Å². The summed E-state index contributed by atoms with van der Waals surface area (Å²) in [6.07, 6.45) is 2.12. The van der Waals surface area contributed by atoms with Gasteiger partial charge in [0.1, 0.15) is 0 Å². The molecule has 1 rings (SSSR count). The van der Waals surface area contributed by atoms with E-state index in [0.717, 1.165) is 24.8 Å². The predicted molar refractivity (Wildman–Crippen MR) is 95.7 cm³/mol. The summed E-state index contributed by atoms with van der Waals surface area (Å²) < 4.78 is 24.7. The summed E-state index contributed by atoms with van der Waals surface area (Å²) in [5.74, 6) is 0.419. The van der Waals surface area contributed by atoms with Crippen LogP contribution in [0.25, 0.3) is 0 Å². The molecule has 0 saturated heterocycles. The fraction of sp³-hybridized carbons (Fsp3) is 0.625. The van der Waals surface area contributed by atoms with Gasteiger partial charge in [-0.05, 0) is 44.2 Å². The summed E-state index contributed by atoms with van der Waals surface area (Å²) in [6.45, 7) is 5.93. The summed E-state index contributed by atoms with van der Waals surface area (Å²) in [5.41, 5.74) is 1.06. The molecule has 1 N–H and O–H groups in total. The van der Waals surface area contributed by atoms with Gasteiger partial charge in [0.05, 0.1) is 16.8 Å². The molecule has 0 bridgehead atoms. The molecule has 0 aromatic heterocycles. The molecule has 0 saturated carbocycles. The van der Waals surface area contributed by atoms with Gasteiger partial charge in [0.25, 0.3) is 0 Å². The number of hydrogen-bond donors (Lipinski definition) is 1. The molecule has 120 valence electrons. The highest BCUT2D eigenvalue weighted by Gasteiger charge is 2.19. The van der Waals surface area contributed by atoms with Crippen LogP contribution in [0.2, 0.25) is 0 Å². The Kier molecular flexibility index (Phi) is 7.64. The van der Waals surface area contributed by atoms with E-state index < -0.39 is 9.84 Å². The van der Waals surface area contributed by atoms with Crippen LogP contribution in [0.15, 0.2) is 29.2 Å². The van der Waals surface area contributed by atoms with Crippen LogP contribution in [0.4, 0.5) is 0 Å². The summed E-state index contributed by atoms with van der Waals surface area (Å²) in [6, 6.07) is 7.01. The van der Waals surface area contributed by atoms with Crippen molar-refractivity contribution in [2.24, 2.45) is 5.92 Å². The number of alkyl halides is 1. The van der Waals surface area contributed by atoms with Crippen LogP contribution < -0.4 is 0 Å². The van der Waals surface area contributed by atoms with E-state index in [-0.39, 0.29) is 21.7 Å². The fourth-order valence-electron chi connectivity index (χ4n) is 2.05. The summed E-state index contributed by atoms with van der Waals surface area (Å²) in [4.78, 5) is 0.400. The van der Waals surface area contributed by atoms with Crippen LogP contribution in [-0.4, -0.2) is 29.3 Å².